The van der Waals surface area contributed by atoms with Crippen molar-refractivity contribution in [2.24, 2.45) is 0 Å². The van der Waals surface area contributed by atoms with Crippen LogP contribution in [0.1, 0.15) is 37.0 Å². The molecule has 0 amide bonds. The molecule has 38 heavy (non-hydrogen) atoms. The number of halogens is 4. The molecule has 4 aromatic carbocycles. The fraction of sp³-hybridized carbons (Fsp3) is 0.167. The minimum Gasteiger partial charge on any atom is -0.508 e. The van der Waals surface area contributed by atoms with Crippen molar-refractivity contribution in [1.29, 1.82) is 0 Å². The largest absolute Gasteiger partial charge is 0.508 e. The topological polar surface area (TPSA) is 66.8 Å². The highest BCUT2D eigenvalue weighted by Crippen LogP contribution is 2.45. The van der Waals surface area contributed by atoms with Crippen molar-refractivity contribution < 1.29 is 37.3 Å². The van der Waals surface area contributed by atoms with Crippen LogP contribution >= 0.6 is 0 Å². The minimum atomic E-state index is -4.78. The van der Waals surface area contributed by atoms with Gasteiger partial charge in [0.05, 0.1) is 5.56 Å². The lowest BCUT2D eigenvalue weighted by atomic mass is 9.91. The Bertz CT molecular complexity index is 1540. The highest BCUT2D eigenvalue weighted by Gasteiger charge is 2.34. The molecule has 0 spiro atoms. The molecule has 4 rings (SSSR count). The van der Waals surface area contributed by atoms with Gasteiger partial charge >= 0.3 is 12.1 Å². The number of carboxylic acids is 1. The van der Waals surface area contributed by atoms with E-state index >= 15 is 0 Å². The van der Waals surface area contributed by atoms with Crippen LogP contribution in [0.2, 0.25) is 0 Å². The summed E-state index contributed by atoms with van der Waals surface area (Å²) in [4.78, 5) is 11.2. The van der Waals surface area contributed by atoms with Gasteiger partial charge in [0.2, 0.25) is 0 Å². The molecule has 196 valence electrons. The number of hydrogen-bond donors (Lipinski definition) is 2. The molecule has 0 atom stereocenters. The zero-order valence-electron chi connectivity index (χ0n) is 20.6. The predicted octanol–water partition coefficient (Wildman–Crippen LogP) is 8.60. The van der Waals surface area contributed by atoms with Crippen molar-refractivity contribution >= 4 is 22.8 Å². The summed E-state index contributed by atoms with van der Waals surface area (Å²) in [7, 11) is 0. The summed E-state index contributed by atoms with van der Waals surface area (Å²) in [5.41, 5.74) is 0.432. The Balaban J connectivity index is 1.96. The lowest BCUT2D eigenvalue weighted by Gasteiger charge is -2.20. The zero-order chi connectivity index (χ0) is 27.6. The molecule has 0 aliphatic rings. The molecular formula is C30H24F4O4. The van der Waals surface area contributed by atoms with E-state index in [4.69, 9.17) is 9.84 Å². The number of rotatable bonds is 7. The average Bonchev–Trinajstić information content (AvgIpc) is 2.85. The number of hydrogen-bond acceptors (Lipinski definition) is 3. The van der Waals surface area contributed by atoms with Gasteiger partial charge in [0, 0.05) is 16.5 Å². The van der Waals surface area contributed by atoms with Crippen molar-refractivity contribution in [3.8, 4) is 28.4 Å². The molecule has 0 saturated carbocycles. The van der Waals surface area contributed by atoms with Crippen molar-refractivity contribution in [2.45, 2.75) is 32.9 Å². The molecule has 0 aliphatic carbocycles. The number of aliphatic carboxylic acids is 1. The third-order valence-electron chi connectivity index (χ3n) is 6.07. The van der Waals surface area contributed by atoms with Crippen molar-refractivity contribution in [3.05, 3.63) is 94.8 Å². The maximum Gasteiger partial charge on any atom is 0.417 e. The summed E-state index contributed by atoms with van der Waals surface area (Å²) in [6, 6.07) is 15.6. The zero-order valence-corrected chi connectivity index (χ0v) is 20.6. The van der Waals surface area contributed by atoms with Crippen LogP contribution in [0.4, 0.5) is 17.6 Å². The van der Waals surface area contributed by atoms with Gasteiger partial charge in [0.15, 0.2) is 0 Å². The number of aromatic hydroxyl groups is 1. The first kappa shape index (κ1) is 26.7. The standard InChI is InChI=1S/C30H24F4O4/c1-3-4-20-14-21-15-23(35)10-12-25(21)28(27(20)18-5-8-22(31)9-6-18)38-24-11-7-19(13-17(2)29(36)37)26(16-24)30(32,33)34/h5-16,35H,3-4H2,1-2H3,(H,36,37). The van der Waals surface area contributed by atoms with E-state index in [2.05, 4.69) is 0 Å². The highest BCUT2D eigenvalue weighted by atomic mass is 19.4. The summed E-state index contributed by atoms with van der Waals surface area (Å²) >= 11 is 0. The van der Waals surface area contributed by atoms with Crippen LogP contribution in [0.5, 0.6) is 17.2 Å². The van der Waals surface area contributed by atoms with E-state index in [1.807, 2.05) is 13.0 Å². The molecule has 0 saturated heterocycles. The summed E-state index contributed by atoms with van der Waals surface area (Å²) in [6.45, 7) is 3.19. The molecule has 2 N–H and O–H groups in total. The van der Waals surface area contributed by atoms with Gasteiger partial charge < -0.3 is 14.9 Å². The van der Waals surface area contributed by atoms with Gasteiger partial charge in [0.1, 0.15) is 23.1 Å². The molecule has 4 aromatic rings. The first-order chi connectivity index (χ1) is 18.0. The molecule has 0 aromatic heterocycles. The molecule has 4 nitrogen and oxygen atoms in total. The summed E-state index contributed by atoms with van der Waals surface area (Å²) < 4.78 is 61.8. The quantitative estimate of drug-likeness (QED) is 0.188. The molecular weight excluding hydrogens is 500 g/mol. The average molecular weight is 525 g/mol. The van der Waals surface area contributed by atoms with Crippen molar-refractivity contribution in [3.63, 3.8) is 0 Å². The van der Waals surface area contributed by atoms with E-state index in [0.29, 0.717) is 28.3 Å². The number of alkyl halides is 3. The van der Waals surface area contributed by atoms with Gasteiger partial charge in [-0.2, -0.15) is 13.2 Å². The van der Waals surface area contributed by atoms with E-state index in [1.54, 1.807) is 24.3 Å². The number of phenolic OH excluding ortho intramolecular Hbond substituents is 1. The fourth-order valence-corrected chi connectivity index (χ4v) is 4.31. The Labute approximate surface area is 216 Å². The van der Waals surface area contributed by atoms with Crippen molar-refractivity contribution in [1.82, 2.24) is 0 Å². The maximum atomic E-state index is 14.0. The number of benzene rings is 4. The highest BCUT2D eigenvalue weighted by molar-refractivity contribution is 5.98. The minimum absolute atomic E-state index is 0.0183. The van der Waals surface area contributed by atoms with Gasteiger partial charge in [-0.3, -0.25) is 0 Å². The third-order valence-corrected chi connectivity index (χ3v) is 6.07. The van der Waals surface area contributed by atoms with Gasteiger partial charge in [0.25, 0.3) is 0 Å². The van der Waals surface area contributed by atoms with Crippen LogP contribution in [0, 0.1) is 5.82 Å². The number of carboxylic acid groups (broad SMARTS) is 1. The molecule has 0 aliphatic heterocycles. The number of ether oxygens (including phenoxy) is 1. The van der Waals surface area contributed by atoms with Crippen LogP contribution in [0.15, 0.2) is 72.3 Å². The number of aryl methyl sites for hydroxylation is 1. The van der Waals surface area contributed by atoms with Crippen LogP contribution in [-0.2, 0) is 17.4 Å². The van der Waals surface area contributed by atoms with E-state index < -0.39 is 23.5 Å². The van der Waals surface area contributed by atoms with Gasteiger partial charge in [-0.25, -0.2) is 9.18 Å². The van der Waals surface area contributed by atoms with E-state index in [9.17, 15) is 27.5 Å². The normalized spacial score (nSPS) is 12.1. The van der Waals surface area contributed by atoms with E-state index in [1.165, 1.54) is 31.2 Å². The van der Waals surface area contributed by atoms with E-state index in [-0.39, 0.29) is 28.4 Å². The SMILES string of the molecule is CCCc1cc2cc(O)ccc2c(Oc2ccc(C=C(C)C(=O)O)c(C(F)(F)F)c2)c1-c1ccc(F)cc1. The Morgan fingerprint density at radius 1 is 1.00 bits per heavy atom. The molecule has 0 fully saturated rings. The number of phenols is 1. The monoisotopic (exact) mass is 524 g/mol. The number of fused-ring (bicyclic) bond motifs is 1. The van der Waals surface area contributed by atoms with Gasteiger partial charge in [-0.15, -0.1) is 0 Å². The predicted molar refractivity (Wildman–Crippen MR) is 138 cm³/mol. The molecule has 0 radical (unpaired) electrons. The second kappa shape index (κ2) is 10.6. The first-order valence-electron chi connectivity index (χ1n) is 11.8. The Kier molecular flexibility index (Phi) is 7.44. The summed E-state index contributed by atoms with van der Waals surface area (Å²) in [5, 5.41) is 20.3. The fourth-order valence-electron chi connectivity index (χ4n) is 4.31. The molecule has 8 heteroatoms. The molecule has 0 heterocycles. The lowest BCUT2D eigenvalue weighted by Crippen LogP contribution is -2.08. The Morgan fingerprint density at radius 3 is 2.34 bits per heavy atom. The molecule has 0 unspecified atom stereocenters. The van der Waals surface area contributed by atoms with Crippen LogP contribution in [0.3, 0.4) is 0 Å². The van der Waals surface area contributed by atoms with Crippen LogP contribution in [-0.4, -0.2) is 16.2 Å². The Hall–Kier alpha value is -4.33. The third kappa shape index (κ3) is 5.64. The summed E-state index contributed by atoms with van der Waals surface area (Å²) in [5.74, 6) is -1.60. The second-order valence-electron chi connectivity index (χ2n) is 8.88. The maximum absolute atomic E-state index is 14.0. The lowest BCUT2D eigenvalue weighted by molar-refractivity contribution is -0.138. The molecule has 0 bridgehead atoms. The second-order valence-corrected chi connectivity index (χ2v) is 8.88. The van der Waals surface area contributed by atoms with Crippen LogP contribution < -0.4 is 4.74 Å². The first-order valence-corrected chi connectivity index (χ1v) is 11.8. The summed E-state index contributed by atoms with van der Waals surface area (Å²) in [6.07, 6.45) is -2.47. The Morgan fingerprint density at radius 2 is 1.71 bits per heavy atom. The smallest absolute Gasteiger partial charge is 0.417 e. The number of carbonyl (C=O) groups is 1. The van der Waals surface area contributed by atoms with Gasteiger partial charge in [-0.1, -0.05) is 37.6 Å². The van der Waals surface area contributed by atoms with Crippen molar-refractivity contribution in [2.75, 3.05) is 0 Å². The van der Waals surface area contributed by atoms with E-state index in [0.717, 1.165) is 30.2 Å². The van der Waals surface area contributed by atoms with Gasteiger partial charge in [-0.05, 0) is 84.0 Å². The van der Waals surface area contributed by atoms with Crippen LogP contribution in [0.25, 0.3) is 28.0 Å².